The van der Waals surface area contributed by atoms with Crippen LogP contribution in [0, 0.1) is 6.92 Å². The Hall–Kier alpha value is -1.41. The molecule has 0 unspecified atom stereocenters. The van der Waals surface area contributed by atoms with E-state index in [2.05, 4.69) is 20.0 Å². The quantitative estimate of drug-likeness (QED) is 0.686. The van der Waals surface area contributed by atoms with Crippen molar-refractivity contribution in [1.82, 2.24) is 15.3 Å². The molecule has 1 fully saturated rings. The average molecular weight is 300 g/mol. The summed E-state index contributed by atoms with van der Waals surface area (Å²) in [5, 5.41) is 3.28. The van der Waals surface area contributed by atoms with Crippen LogP contribution in [-0.2, 0) is 10.0 Å². The van der Waals surface area contributed by atoms with Crippen LogP contribution in [0.2, 0.25) is 0 Å². The third kappa shape index (κ3) is 4.93. The predicted octanol–water partition coefficient (Wildman–Crippen LogP) is 0.677. The van der Waals surface area contributed by atoms with Crippen molar-refractivity contribution in [2.75, 3.05) is 24.1 Å². The molecule has 1 heterocycles. The SMILES string of the molecule is COc1cc(C)nc(NS(=O)(=O)CCCNC2CC2)n1. The summed E-state index contributed by atoms with van der Waals surface area (Å²) in [5.41, 5.74) is 0.643. The van der Waals surface area contributed by atoms with E-state index in [0.29, 0.717) is 30.6 Å². The fourth-order valence-corrected chi connectivity index (χ4v) is 2.73. The molecule has 1 saturated carbocycles. The second-order valence-corrected chi connectivity index (χ2v) is 6.72. The molecule has 0 amide bonds. The molecule has 20 heavy (non-hydrogen) atoms. The topological polar surface area (TPSA) is 93.2 Å². The van der Waals surface area contributed by atoms with Gasteiger partial charge in [-0.25, -0.2) is 13.4 Å². The van der Waals surface area contributed by atoms with Gasteiger partial charge in [-0.05, 0) is 32.7 Å². The number of methoxy groups -OCH3 is 1. The van der Waals surface area contributed by atoms with Crippen molar-refractivity contribution in [3.63, 3.8) is 0 Å². The maximum Gasteiger partial charge on any atom is 0.240 e. The average Bonchev–Trinajstić information content (AvgIpc) is 3.17. The third-order valence-electron chi connectivity index (χ3n) is 2.89. The number of sulfonamides is 1. The Morgan fingerprint density at radius 3 is 2.80 bits per heavy atom. The highest BCUT2D eigenvalue weighted by molar-refractivity contribution is 7.92. The number of nitrogens with one attached hydrogen (secondary N) is 2. The van der Waals surface area contributed by atoms with Gasteiger partial charge in [0.2, 0.25) is 21.9 Å². The van der Waals surface area contributed by atoms with E-state index in [1.54, 1.807) is 13.0 Å². The minimum absolute atomic E-state index is 0.0480. The highest BCUT2D eigenvalue weighted by Crippen LogP contribution is 2.18. The van der Waals surface area contributed by atoms with Crippen LogP contribution >= 0.6 is 0 Å². The van der Waals surface area contributed by atoms with Gasteiger partial charge in [-0.1, -0.05) is 0 Å². The number of anilines is 1. The molecule has 0 radical (unpaired) electrons. The van der Waals surface area contributed by atoms with Crippen LogP contribution in [-0.4, -0.2) is 43.8 Å². The molecule has 0 aliphatic heterocycles. The Morgan fingerprint density at radius 1 is 1.40 bits per heavy atom. The van der Waals surface area contributed by atoms with Crippen molar-refractivity contribution in [2.24, 2.45) is 0 Å². The minimum Gasteiger partial charge on any atom is -0.481 e. The van der Waals surface area contributed by atoms with Crippen LogP contribution in [0.1, 0.15) is 25.0 Å². The molecule has 0 aromatic carbocycles. The molecular formula is C12H20N4O3S. The van der Waals surface area contributed by atoms with E-state index in [-0.39, 0.29) is 11.7 Å². The van der Waals surface area contributed by atoms with E-state index >= 15 is 0 Å². The normalized spacial score (nSPS) is 15.1. The van der Waals surface area contributed by atoms with Crippen molar-refractivity contribution in [2.45, 2.75) is 32.2 Å². The largest absolute Gasteiger partial charge is 0.481 e. The smallest absolute Gasteiger partial charge is 0.240 e. The second kappa shape index (κ2) is 6.36. The summed E-state index contributed by atoms with van der Waals surface area (Å²) in [7, 11) is -1.95. The Labute approximate surface area is 119 Å². The van der Waals surface area contributed by atoms with Crippen molar-refractivity contribution in [1.29, 1.82) is 0 Å². The van der Waals surface area contributed by atoms with E-state index in [0.717, 1.165) is 0 Å². The second-order valence-electron chi connectivity index (χ2n) is 4.88. The number of aromatic nitrogens is 2. The highest BCUT2D eigenvalue weighted by Gasteiger charge is 2.20. The number of hydrogen-bond donors (Lipinski definition) is 2. The zero-order valence-corrected chi connectivity index (χ0v) is 12.5. The summed E-state index contributed by atoms with van der Waals surface area (Å²) in [6.07, 6.45) is 2.96. The zero-order valence-electron chi connectivity index (χ0n) is 11.7. The fraction of sp³-hybridized carbons (Fsp3) is 0.667. The Morgan fingerprint density at radius 2 is 2.15 bits per heavy atom. The summed E-state index contributed by atoms with van der Waals surface area (Å²) in [5.74, 6) is 0.439. The van der Waals surface area contributed by atoms with Crippen LogP contribution in [0.3, 0.4) is 0 Å². The summed E-state index contributed by atoms with van der Waals surface area (Å²) < 4.78 is 31.2. The van der Waals surface area contributed by atoms with Crippen LogP contribution in [0.4, 0.5) is 5.95 Å². The number of rotatable bonds is 8. The van der Waals surface area contributed by atoms with E-state index in [1.807, 2.05) is 0 Å². The molecule has 1 aliphatic rings. The predicted molar refractivity (Wildman–Crippen MR) is 76.4 cm³/mol. The van der Waals surface area contributed by atoms with Gasteiger partial charge >= 0.3 is 0 Å². The van der Waals surface area contributed by atoms with Crippen LogP contribution < -0.4 is 14.8 Å². The van der Waals surface area contributed by atoms with Gasteiger partial charge < -0.3 is 10.1 Å². The van der Waals surface area contributed by atoms with Crippen molar-refractivity contribution in [3.05, 3.63) is 11.8 Å². The molecule has 1 aromatic heterocycles. The van der Waals surface area contributed by atoms with Crippen molar-refractivity contribution >= 4 is 16.0 Å². The van der Waals surface area contributed by atoms with Gasteiger partial charge in [0.05, 0.1) is 12.9 Å². The first-order valence-corrected chi connectivity index (χ1v) is 8.27. The molecular weight excluding hydrogens is 280 g/mol. The molecule has 1 aliphatic carbocycles. The minimum atomic E-state index is -3.42. The Balaban J connectivity index is 1.87. The van der Waals surface area contributed by atoms with Gasteiger partial charge in [0.15, 0.2) is 0 Å². The lowest BCUT2D eigenvalue weighted by molar-refractivity contribution is 0.397. The van der Waals surface area contributed by atoms with Gasteiger partial charge in [0, 0.05) is 17.8 Å². The molecule has 0 spiro atoms. The summed E-state index contributed by atoms with van der Waals surface area (Å²) in [4.78, 5) is 8.00. The lowest BCUT2D eigenvalue weighted by Gasteiger charge is -2.08. The maximum atomic E-state index is 11.9. The summed E-state index contributed by atoms with van der Waals surface area (Å²) in [6, 6.07) is 2.23. The molecule has 2 N–H and O–H groups in total. The first-order chi connectivity index (χ1) is 9.48. The third-order valence-corrected chi connectivity index (χ3v) is 4.21. The number of aryl methyl sites for hydroxylation is 1. The summed E-state index contributed by atoms with van der Waals surface area (Å²) >= 11 is 0. The summed E-state index contributed by atoms with van der Waals surface area (Å²) in [6.45, 7) is 2.46. The van der Waals surface area contributed by atoms with Crippen molar-refractivity contribution < 1.29 is 13.2 Å². The molecule has 0 bridgehead atoms. The first-order valence-electron chi connectivity index (χ1n) is 6.62. The van der Waals surface area contributed by atoms with E-state index < -0.39 is 10.0 Å². The molecule has 0 saturated heterocycles. The van der Waals surface area contributed by atoms with Gasteiger partial charge in [0.1, 0.15) is 0 Å². The molecule has 112 valence electrons. The Kier molecular flexibility index (Phi) is 4.77. The molecule has 2 rings (SSSR count). The lowest BCUT2D eigenvalue weighted by atomic mass is 10.4. The Bertz CT molecular complexity index is 558. The van der Waals surface area contributed by atoms with Crippen LogP contribution in [0.25, 0.3) is 0 Å². The van der Waals surface area contributed by atoms with E-state index in [1.165, 1.54) is 20.0 Å². The molecule has 1 aromatic rings. The monoisotopic (exact) mass is 300 g/mol. The number of hydrogen-bond acceptors (Lipinski definition) is 6. The van der Waals surface area contributed by atoms with Crippen molar-refractivity contribution in [3.8, 4) is 5.88 Å². The molecule has 8 heteroatoms. The molecule has 0 atom stereocenters. The highest BCUT2D eigenvalue weighted by atomic mass is 32.2. The molecule has 7 nitrogen and oxygen atoms in total. The van der Waals surface area contributed by atoms with Crippen LogP contribution in [0.15, 0.2) is 6.07 Å². The first kappa shape index (κ1) is 15.0. The zero-order chi connectivity index (χ0) is 14.6. The fourth-order valence-electron chi connectivity index (χ4n) is 1.74. The maximum absolute atomic E-state index is 11.9. The van der Waals surface area contributed by atoms with Gasteiger partial charge in [0.25, 0.3) is 0 Å². The van der Waals surface area contributed by atoms with E-state index in [4.69, 9.17) is 4.74 Å². The number of nitrogens with zero attached hydrogens (tertiary/aromatic N) is 2. The van der Waals surface area contributed by atoms with E-state index in [9.17, 15) is 8.42 Å². The van der Waals surface area contributed by atoms with Crippen LogP contribution in [0.5, 0.6) is 5.88 Å². The van der Waals surface area contributed by atoms with Gasteiger partial charge in [-0.3, -0.25) is 4.72 Å². The number of ether oxygens (including phenoxy) is 1. The van der Waals surface area contributed by atoms with Gasteiger partial charge in [-0.2, -0.15) is 4.98 Å². The standard InChI is InChI=1S/C12H20N4O3S/c1-9-8-11(19-2)15-12(14-9)16-20(17,18)7-3-6-13-10-4-5-10/h8,10,13H,3-7H2,1-2H3,(H,14,15,16). The van der Waals surface area contributed by atoms with Gasteiger partial charge in [-0.15, -0.1) is 0 Å². The lowest BCUT2D eigenvalue weighted by Crippen LogP contribution is -2.24.